The molecule has 144 valence electrons. The van der Waals surface area contributed by atoms with Crippen LogP contribution in [0.15, 0.2) is 30.5 Å². The van der Waals surface area contributed by atoms with E-state index in [1.54, 1.807) is 13.3 Å². The predicted molar refractivity (Wildman–Crippen MR) is 107 cm³/mol. The first-order chi connectivity index (χ1) is 13.1. The Hall–Kier alpha value is -2.47. The fourth-order valence-corrected chi connectivity index (χ4v) is 3.20. The zero-order valence-corrected chi connectivity index (χ0v) is 16.4. The Labute approximate surface area is 161 Å². The van der Waals surface area contributed by atoms with Crippen molar-refractivity contribution >= 4 is 11.7 Å². The van der Waals surface area contributed by atoms with Gasteiger partial charge in [0.15, 0.2) is 5.82 Å². The average Bonchev–Trinajstić information content (AvgIpc) is 2.69. The Balaban J connectivity index is 1.92. The molecule has 0 spiro atoms. The van der Waals surface area contributed by atoms with Crippen molar-refractivity contribution in [1.82, 2.24) is 15.3 Å². The highest BCUT2D eigenvalue weighted by Gasteiger charge is 2.23. The molecule has 1 saturated heterocycles. The lowest BCUT2D eigenvalue weighted by atomic mass is 9.99. The molecule has 1 fully saturated rings. The van der Waals surface area contributed by atoms with Crippen molar-refractivity contribution in [3.05, 3.63) is 41.6 Å². The first kappa shape index (κ1) is 19.3. The van der Waals surface area contributed by atoms with Crippen molar-refractivity contribution in [2.24, 2.45) is 5.92 Å². The van der Waals surface area contributed by atoms with Crippen LogP contribution in [-0.2, 0) is 4.74 Å². The molecule has 1 aromatic heterocycles. The molecular formula is C21H28N4O2. The summed E-state index contributed by atoms with van der Waals surface area (Å²) < 4.78 is 5.02. The number of hydrogen-bond acceptors (Lipinski definition) is 5. The summed E-state index contributed by atoms with van der Waals surface area (Å²) in [7, 11) is 1.62. The lowest BCUT2D eigenvalue weighted by molar-refractivity contribution is 0.0937. The van der Waals surface area contributed by atoms with Crippen molar-refractivity contribution in [2.45, 2.75) is 26.7 Å². The minimum absolute atomic E-state index is 0.156. The van der Waals surface area contributed by atoms with Gasteiger partial charge in [-0.2, -0.15) is 0 Å². The molecule has 0 bridgehead atoms. The number of ether oxygens (including phenoxy) is 1. The number of carbonyl (C=O) groups is 1. The first-order valence-corrected chi connectivity index (χ1v) is 9.54. The fourth-order valence-electron chi connectivity index (χ4n) is 3.20. The number of rotatable bonds is 6. The van der Waals surface area contributed by atoms with Gasteiger partial charge in [0.2, 0.25) is 0 Å². The van der Waals surface area contributed by atoms with Gasteiger partial charge in [-0.25, -0.2) is 9.97 Å². The number of anilines is 1. The van der Waals surface area contributed by atoms with Crippen molar-refractivity contribution in [3.63, 3.8) is 0 Å². The quantitative estimate of drug-likeness (QED) is 0.794. The number of piperidine rings is 1. The maximum atomic E-state index is 12.7. The maximum Gasteiger partial charge on any atom is 0.256 e. The van der Waals surface area contributed by atoms with Gasteiger partial charge in [-0.05, 0) is 25.7 Å². The largest absolute Gasteiger partial charge is 0.383 e. The number of methoxy groups -OCH3 is 1. The molecule has 2 heterocycles. The summed E-state index contributed by atoms with van der Waals surface area (Å²) in [6, 6.07) is 8.13. The molecule has 1 aliphatic heterocycles. The number of hydrogen-bond donors (Lipinski definition) is 1. The summed E-state index contributed by atoms with van der Waals surface area (Å²) in [5.41, 5.74) is 2.67. The Kier molecular flexibility index (Phi) is 6.40. The standard InChI is InChI=1S/C21H28N4O2/c1-15-4-6-17(7-5-15)19-23-14-18(21(26)22-10-13-27-3)20(24-19)25-11-8-16(2)9-12-25/h4-7,14,16H,8-13H2,1-3H3,(H,22,26). The first-order valence-electron chi connectivity index (χ1n) is 9.54. The smallest absolute Gasteiger partial charge is 0.256 e. The van der Waals surface area contributed by atoms with E-state index >= 15 is 0 Å². The van der Waals surface area contributed by atoms with E-state index in [1.807, 2.05) is 24.3 Å². The van der Waals surface area contributed by atoms with Crippen LogP contribution in [-0.4, -0.2) is 49.2 Å². The summed E-state index contributed by atoms with van der Waals surface area (Å²) in [5.74, 6) is 1.93. The molecule has 6 heteroatoms. The van der Waals surface area contributed by atoms with Crippen LogP contribution in [0.5, 0.6) is 0 Å². The Morgan fingerprint density at radius 3 is 2.63 bits per heavy atom. The van der Waals surface area contributed by atoms with Crippen LogP contribution < -0.4 is 10.2 Å². The highest BCUT2D eigenvalue weighted by Crippen LogP contribution is 2.27. The average molecular weight is 368 g/mol. The number of nitrogens with one attached hydrogen (secondary N) is 1. The van der Waals surface area contributed by atoms with E-state index in [0.717, 1.165) is 37.3 Å². The van der Waals surface area contributed by atoms with Crippen molar-refractivity contribution in [3.8, 4) is 11.4 Å². The topological polar surface area (TPSA) is 67.3 Å². The number of nitrogens with zero attached hydrogens (tertiary/aromatic N) is 3. The van der Waals surface area contributed by atoms with Crippen LogP contribution in [0.25, 0.3) is 11.4 Å². The second-order valence-corrected chi connectivity index (χ2v) is 7.22. The van der Waals surface area contributed by atoms with Gasteiger partial charge in [0.05, 0.1) is 6.61 Å². The third-order valence-electron chi connectivity index (χ3n) is 5.00. The molecule has 0 atom stereocenters. The van der Waals surface area contributed by atoms with Crippen molar-refractivity contribution in [1.29, 1.82) is 0 Å². The van der Waals surface area contributed by atoms with Crippen molar-refractivity contribution < 1.29 is 9.53 Å². The second kappa shape index (κ2) is 8.95. The lowest BCUT2D eigenvalue weighted by Crippen LogP contribution is -2.36. The van der Waals surface area contributed by atoms with Crippen LogP contribution in [0.1, 0.15) is 35.7 Å². The van der Waals surface area contributed by atoms with Gasteiger partial charge in [0, 0.05) is 38.5 Å². The van der Waals surface area contributed by atoms with Gasteiger partial charge in [-0.15, -0.1) is 0 Å². The van der Waals surface area contributed by atoms with Gasteiger partial charge in [-0.3, -0.25) is 4.79 Å². The van der Waals surface area contributed by atoms with Crippen LogP contribution in [0.3, 0.4) is 0 Å². The fraction of sp³-hybridized carbons (Fsp3) is 0.476. The predicted octanol–water partition coefficient (Wildman–Crippen LogP) is 3.06. The Morgan fingerprint density at radius 1 is 1.26 bits per heavy atom. The summed E-state index contributed by atoms with van der Waals surface area (Å²) in [6.07, 6.45) is 3.86. The van der Waals surface area contributed by atoms with Crippen molar-refractivity contribution in [2.75, 3.05) is 38.3 Å². The third kappa shape index (κ3) is 4.83. The van der Waals surface area contributed by atoms with Crippen LogP contribution >= 0.6 is 0 Å². The number of carbonyl (C=O) groups excluding carboxylic acids is 1. The van der Waals surface area contributed by atoms with Crippen LogP contribution in [0.2, 0.25) is 0 Å². The normalized spacial score (nSPS) is 15.0. The second-order valence-electron chi connectivity index (χ2n) is 7.22. The van der Waals surface area contributed by atoms with E-state index in [4.69, 9.17) is 9.72 Å². The molecule has 6 nitrogen and oxygen atoms in total. The SMILES string of the molecule is COCCNC(=O)c1cnc(-c2ccc(C)cc2)nc1N1CCC(C)CC1. The zero-order chi connectivity index (χ0) is 19.2. The number of amides is 1. The molecule has 2 aromatic rings. The number of aromatic nitrogens is 2. The zero-order valence-electron chi connectivity index (χ0n) is 16.4. The summed E-state index contributed by atoms with van der Waals surface area (Å²) in [6.45, 7) is 7.08. The maximum absolute atomic E-state index is 12.7. The summed E-state index contributed by atoms with van der Waals surface area (Å²) in [4.78, 5) is 24.1. The van der Waals surface area contributed by atoms with Gasteiger partial charge >= 0.3 is 0 Å². The van der Waals surface area contributed by atoms with Gasteiger partial charge in [0.1, 0.15) is 11.4 Å². The highest BCUT2D eigenvalue weighted by molar-refractivity contribution is 5.98. The molecule has 1 aliphatic rings. The molecule has 27 heavy (non-hydrogen) atoms. The summed E-state index contributed by atoms with van der Waals surface area (Å²) in [5, 5.41) is 2.88. The third-order valence-corrected chi connectivity index (χ3v) is 5.00. The van der Waals surface area contributed by atoms with Gasteiger partial charge < -0.3 is 15.0 Å². The molecular weight excluding hydrogens is 340 g/mol. The van der Waals surface area contributed by atoms with E-state index in [1.165, 1.54) is 5.56 Å². The van der Waals surface area contributed by atoms with E-state index in [-0.39, 0.29) is 5.91 Å². The summed E-state index contributed by atoms with van der Waals surface area (Å²) >= 11 is 0. The molecule has 3 rings (SSSR count). The lowest BCUT2D eigenvalue weighted by Gasteiger charge is -2.32. The monoisotopic (exact) mass is 368 g/mol. The van der Waals surface area contributed by atoms with Gasteiger partial charge in [-0.1, -0.05) is 36.8 Å². The van der Waals surface area contributed by atoms with E-state index in [0.29, 0.717) is 30.5 Å². The molecule has 0 aliphatic carbocycles. The molecule has 1 amide bonds. The van der Waals surface area contributed by atoms with E-state index in [2.05, 4.69) is 29.0 Å². The Bertz CT molecular complexity index is 768. The van der Waals surface area contributed by atoms with Gasteiger partial charge in [0.25, 0.3) is 5.91 Å². The molecule has 0 unspecified atom stereocenters. The number of benzene rings is 1. The van der Waals surface area contributed by atoms with Crippen LogP contribution in [0, 0.1) is 12.8 Å². The molecule has 0 radical (unpaired) electrons. The van der Waals surface area contributed by atoms with Crippen LogP contribution in [0.4, 0.5) is 5.82 Å². The Morgan fingerprint density at radius 2 is 1.96 bits per heavy atom. The molecule has 1 N–H and O–H groups in total. The highest BCUT2D eigenvalue weighted by atomic mass is 16.5. The molecule has 0 saturated carbocycles. The minimum atomic E-state index is -0.156. The van der Waals surface area contributed by atoms with E-state index < -0.39 is 0 Å². The van der Waals surface area contributed by atoms with E-state index in [9.17, 15) is 4.79 Å². The molecule has 1 aromatic carbocycles. The minimum Gasteiger partial charge on any atom is -0.383 e. The number of aryl methyl sites for hydroxylation is 1.